The van der Waals surface area contributed by atoms with Crippen LogP contribution in [0.25, 0.3) is 0 Å². The number of carbonyl (C=O) groups excluding carboxylic acids is 1. The molecule has 0 aliphatic heterocycles. The highest BCUT2D eigenvalue weighted by Gasteiger charge is 2.11. The van der Waals surface area contributed by atoms with E-state index >= 15 is 0 Å². The summed E-state index contributed by atoms with van der Waals surface area (Å²) >= 11 is 0. The summed E-state index contributed by atoms with van der Waals surface area (Å²) in [7, 11) is -1.25. The van der Waals surface area contributed by atoms with Crippen molar-refractivity contribution < 1.29 is 9.00 Å². The summed E-state index contributed by atoms with van der Waals surface area (Å²) in [5.41, 5.74) is 0.890. The molecule has 18 heavy (non-hydrogen) atoms. The number of rotatable bonds is 3. The molecule has 2 rings (SSSR count). The number of amides is 1. The van der Waals surface area contributed by atoms with E-state index in [4.69, 9.17) is 0 Å². The van der Waals surface area contributed by atoms with Gasteiger partial charge in [-0.25, -0.2) is 4.98 Å². The predicted octanol–water partition coefficient (Wildman–Crippen LogP) is 1.47. The van der Waals surface area contributed by atoms with Crippen molar-refractivity contribution in [2.24, 2.45) is 0 Å². The zero-order valence-electron chi connectivity index (χ0n) is 9.66. The van der Waals surface area contributed by atoms with Crippen LogP contribution in [0.15, 0.2) is 47.9 Å². The van der Waals surface area contributed by atoms with E-state index in [1.54, 1.807) is 30.5 Å². The fraction of sp³-hybridized carbons (Fsp3) is 0.0833. The lowest BCUT2D eigenvalue weighted by atomic mass is 10.2. The Balaban J connectivity index is 2.25. The van der Waals surface area contributed by atoms with Crippen molar-refractivity contribution in [1.82, 2.24) is 9.97 Å². The van der Waals surface area contributed by atoms with E-state index in [1.165, 1.54) is 18.6 Å². The molecular formula is C12H11N3O2S. The number of aromatic nitrogens is 2. The first-order valence-electron chi connectivity index (χ1n) is 5.18. The van der Waals surface area contributed by atoms with Crippen LogP contribution in [-0.4, -0.2) is 26.3 Å². The third kappa shape index (κ3) is 2.78. The number of nitrogens with zero attached hydrogens (tertiary/aromatic N) is 2. The van der Waals surface area contributed by atoms with Crippen molar-refractivity contribution in [3.05, 3.63) is 48.4 Å². The topological polar surface area (TPSA) is 72.0 Å². The fourth-order valence-electron chi connectivity index (χ4n) is 1.41. The van der Waals surface area contributed by atoms with Crippen LogP contribution in [-0.2, 0) is 10.8 Å². The van der Waals surface area contributed by atoms with Gasteiger partial charge in [-0.3, -0.25) is 14.0 Å². The lowest BCUT2D eigenvalue weighted by molar-refractivity contribution is 0.102. The summed E-state index contributed by atoms with van der Waals surface area (Å²) in [4.78, 5) is 19.8. The standard InChI is InChI=1S/C12H11N3O2S/c1-18(17)12-10(5-3-7-14-12)15-11(16)9-4-2-6-13-8-9/h2-8H,1H3,(H,15,16). The molecule has 0 spiro atoms. The van der Waals surface area contributed by atoms with Crippen molar-refractivity contribution >= 4 is 22.4 Å². The Kier molecular flexibility index (Phi) is 3.78. The Labute approximate surface area is 107 Å². The molecular weight excluding hydrogens is 250 g/mol. The Morgan fingerprint density at radius 3 is 2.72 bits per heavy atom. The van der Waals surface area contributed by atoms with E-state index in [0.29, 0.717) is 16.3 Å². The van der Waals surface area contributed by atoms with Crippen LogP contribution in [0.3, 0.4) is 0 Å². The minimum Gasteiger partial charge on any atom is -0.320 e. The normalized spacial score (nSPS) is 11.8. The average Bonchev–Trinajstić information content (AvgIpc) is 2.40. The van der Waals surface area contributed by atoms with Gasteiger partial charge in [0, 0.05) is 24.8 Å². The van der Waals surface area contributed by atoms with Gasteiger partial charge in [-0.15, -0.1) is 0 Å². The van der Waals surface area contributed by atoms with E-state index in [-0.39, 0.29) is 5.91 Å². The average molecular weight is 261 g/mol. The van der Waals surface area contributed by atoms with Gasteiger partial charge in [0.15, 0.2) is 0 Å². The number of carbonyl (C=O) groups is 1. The number of anilines is 1. The molecule has 0 saturated carbocycles. The van der Waals surface area contributed by atoms with Gasteiger partial charge < -0.3 is 5.32 Å². The summed E-state index contributed by atoms with van der Waals surface area (Å²) < 4.78 is 11.5. The molecule has 2 aromatic rings. The molecule has 0 aliphatic carbocycles. The molecule has 6 heteroatoms. The van der Waals surface area contributed by atoms with E-state index < -0.39 is 10.8 Å². The predicted molar refractivity (Wildman–Crippen MR) is 68.8 cm³/mol. The van der Waals surface area contributed by atoms with Gasteiger partial charge in [-0.2, -0.15) is 0 Å². The van der Waals surface area contributed by atoms with Gasteiger partial charge in [-0.1, -0.05) is 0 Å². The van der Waals surface area contributed by atoms with Crippen molar-refractivity contribution in [1.29, 1.82) is 0 Å². The third-order valence-corrected chi connectivity index (χ3v) is 3.09. The third-order valence-electron chi connectivity index (χ3n) is 2.22. The Morgan fingerprint density at radius 1 is 1.28 bits per heavy atom. The summed E-state index contributed by atoms with van der Waals surface area (Å²) in [6.45, 7) is 0. The van der Waals surface area contributed by atoms with Crippen LogP contribution in [0.2, 0.25) is 0 Å². The summed E-state index contributed by atoms with van der Waals surface area (Å²) in [5.74, 6) is -0.303. The highest BCUT2D eigenvalue weighted by Crippen LogP contribution is 2.16. The number of hydrogen-bond acceptors (Lipinski definition) is 4. The van der Waals surface area contributed by atoms with E-state index in [9.17, 15) is 9.00 Å². The molecule has 0 aromatic carbocycles. The molecule has 0 bridgehead atoms. The molecule has 0 radical (unpaired) electrons. The second kappa shape index (κ2) is 5.50. The number of nitrogens with one attached hydrogen (secondary N) is 1. The summed E-state index contributed by atoms with van der Waals surface area (Å²) in [6.07, 6.45) is 6.11. The monoisotopic (exact) mass is 261 g/mol. The number of pyridine rings is 2. The molecule has 5 nitrogen and oxygen atoms in total. The van der Waals surface area contributed by atoms with E-state index in [2.05, 4.69) is 15.3 Å². The largest absolute Gasteiger partial charge is 0.320 e. The number of hydrogen-bond donors (Lipinski definition) is 1. The first-order valence-corrected chi connectivity index (χ1v) is 6.74. The minimum absolute atomic E-state index is 0.303. The molecule has 2 heterocycles. The quantitative estimate of drug-likeness (QED) is 0.908. The summed E-state index contributed by atoms with van der Waals surface area (Å²) in [6, 6.07) is 6.67. The lowest BCUT2D eigenvalue weighted by Crippen LogP contribution is -2.14. The van der Waals surface area contributed by atoms with Gasteiger partial charge in [0.2, 0.25) is 0 Å². The Morgan fingerprint density at radius 2 is 2.06 bits per heavy atom. The van der Waals surface area contributed by atoms with E-state index in [0.717, 1.165) is 0 Å². The van der Waals surface area contributed by atoms with Crippen molar-refractivity contribution in [2.45, 2.75) is 5.03 Å². The molecule has 0 saturated heterocycles. The van der Waals surface area contributed by atoms with Gasteiger partial charge in [0.1, 0.15) is 5.03 Å². The van der Waals surface area contributed by atoms with Crippen LogP contribution >= 0.6 is 0 Å². The molecule has 2 aromatic heterocycles. The molecule has 1 atom stereocenters. The van der Waals surface area contributed by atoms with Crippen LogP contribution in [0.5, 0.6) is 0 Å². The molecule has 1 N–H and O–H groups in total. The molecule has 1 unspecified atom stereocenters. The van der Waals surface area contributed by atoms with Gasteiger partial charge in [-0.05, 0) is 24.3 Å². The van der Waals surface area contributed by atoms with Crippen LogP contribution in [0.1, 0.15) is 10.4 Å². The Bertz CT molecular complexity index is 587. The van der Waals surface area contributed by atoms with Gasteiger partial charge in [0.05, 0.1) is 22.1 Å². The first kappa shape index (κ1) is 12.4. The minimum atomic E-state index is -1.25. The van der Waals surface area contributed by atoms with Crippen molar-refractivity contribution in [3.63, 3.8) is 0 Å². The summed E-state index contributed by atoms with van der Waals surface area (Å²) in [5, 5.41) is 3.03. The van der Waals surface area contributed by atoms with Crippen molar-refractivity contribution in [2.75, 3.05) is 11.6 Å². The first-order chi connectivity index (χ1) is 8.68. The van der Waals surface area contributed by atoms with Crippen LogP contribution in [0, 0.1) is 0 Å². The van der Waals surface area contributed by atoms with Crippen molar-refractivity contribution in [3.8, 4) is 0 Å². The molecule has 92 valence electrons. The van der Waals surface area contributed by atoms with Gasteiger partial charge >= 0.3 is 0 Å². The van der Waals surface area contributed by atoms with E-state index in [1.807, 2.05) is 0 Å². The second-order valence-electron chi connectivity index (χ2n) is 3.51. The maximum absolute atomic E-state index is 11.9. The maximum Gasteiger partial charge on any atom is 0.257 e. The molecule has 1 amide bonds. The SMILES string of the molecule is CS(=O)c1ncccc1NC(=O)c1cccnc1. The molecule has 0 fully saturated rings. The molecule has 0 aliphatic rings. The fourth-order valence-corrected chi connectivity index (χ4v) is 2.04. The Hall–Kier alpha value is -2.08. The zero-order valence-corrected chi connectivity index (χ0v) is 10.5. The smallest absolute Gasteiger partial charge is 0.257 e. The lowest BCUT2D eigenvalue weighted by Gasteiger charge is -2.07. The maximum atomic E-state index is 11.9. The van der Waals surface area contributed by atoms with Crippen LogP contribution in [0.4, 0.5) is 5.69 Å². The second-order valence-corrected chi connectivity index (χ2v) is 4.80. The zero-order chi connectivity index (χ0) is 13.0. The van der Waals surface area contributed by atoms with Gasteiger partial charge in [0.25, 0.3) is 5.91 Å². The highest BCUT2D eigenvalue weighted by atomic mass is 32.2. The van der Waals surface area contributed by atoms with Crippen LogP contribution < -0.4 is 5.32 Å². The highest BCUT2D eigenvalue weighted by molar-refractivity contribution is 7.84.